The quantitative estimate of drug-likeness (QED) is 0.910. The van der Waals surface area contributed by atoms with Crippen LogP contribution in [0.25, 0.3) is 0 Å². The zero-order valence-corrected chi connectivity index (χ0v) is 11.8. The van der Waals surface area contributed by atoms with Crippen LogP contribution in [-0.2, 0) is 11.2 Å². The van der Waals surface area contributed by atoms with Gasteiger partial charge in [0.2, 0.25) is 0 Å². The maximum atomic E-state index is 11.7. The van der Waals surface area contributed by atoms with Gasteiger partial charge in [0.05, 0.1) is 6.04 Å². The van der Waals surface area contributed by atoms with E-state index in [0.717, 1.165) is 44.6 Å². The molecule has 2 aliphatic rings. The Morgan fingerprint density at radius 3 is 2.90 bits per heavy atom. The van der Waals surface area contributed by atoms with E-state index in [-0.39, 0.29) is 17.7 Å². The highest BCUT2D eigenvalue weighted by Crippen LogP contribution is 2.35. The lowest BCUT2D eigenvalue weighted by molar-refractivity contribution is -0.0174. The maximum Gasteiger partial charge on any atom is 0.408 e. The third-order valence-electron chi connectivity index (χ3n) is 4.51. The highest BCUT2D eigenvalue weighted by molar-refractivity contribution is 5.71. The van der Waals surface area contributed by atoms with E-state index in [1.165, 1.54) is 0 Å². The van der Waals surface area contributed by atoms with E-state index in [2.05, 4.69) is 22.1 Å². The molecule has 1 N–H and O–H groups in total. The number of piperidine rings is 1. The van der Waals surface area contributed by atoms with E-state index < -0.39 is 0 Å². The lowest BCUT2D eigenvalue weighted by atomic mass is 9.82. The number of ether oxygens (including phenoxy) is 1. The number of nitrogens with one attached hydrogen (secondary N) is 1. The van der Waals surface area contributed by atoms with Crippen LogP contribution in [0, 0.1) is 0 Å². The van der Waals surface area contributed by atoms with Gasteiger partial charge in [-0.25, -0.2) is 4.79 Å². The van der Waals surface area contributed by atoms with Gasteiger partial charge in [-0.2, -0.15) is 0 Å². The van der Waals surface area contributed by atoms with E-state index in [4.69, 9.17) is 4.74 Å². The summed E-state index contributed by atoms with van der Waals surface area (Å²) in [5, 5.41) is 2.98. The lowest BCUT2D eigenvalue weighted by Gasteiger charge is -2.40. The molecule has 0 bridgehead atoms. The predicted octanol–water partition coefficient (Wildman–Crippen LogP) is 1.59. The first-order valence-corrected chi connectivity index (χ1v) is 7.33. The largest absolute Gasteiger partial charge is 0.441 e. The Bertz CT molecular complexity index is 469. The molecule has 0 radical (unpaired) electrons. The first-order chi connectivity index (χ1) is 9.72. The zero-order valence-electron chi connectivity index (χ0n) is 11.8. The highest BCUT2D eigenvalue weighted by Gasteiger charge is 2.50. The first kappa shape index (κ1) is 13.4. The van der Waals surface area contributed by atoms with Crippen molar-refractivity contribution in [1.82, 2.24) is 15.2 Å². The number of hydrogen-bond donors (Lipinski definition) is 1. The fourth-order valence-electron chi connectivity index (χ4n) is 3.22. The molecule has 2 aliphatic heterocycles. The summed E-state index contributed by atoms with van der Waals surface area (Å²) in [6.45, 7) is 5.21. The minimum Gasteiger partial charge on any atom is -0.441 e. The van der Waals surface area contributed by atoms with Gasteiger partial charge in [-0.3, -0.25) is 4.98 Å². The number of likely N-dealkylation sites (tertiary alicyclic amines) is 1. The summed E-state index contributed by atoms with van der Waals surface area (Å²) in [5.74, 6) is 0. The summed E-state index contributed by atoms with van der Waals surface area (Å²) >= 11 is 0. The molecule has 1 spiro atoms. The van der Waals surface area contributed by atoms with Crippen molar-refractivity contribution in [2.24, 2.45) is 0 Å². The van der Waals surface area contributed by atoms with Crippen LogP contribution in [0.4, 0.5) is 4.79 Å². The molecule has 1 unspecified atom stereocenters. The Morgan fingerprint density at radius 2 is 2.25 bits per heavy atom. The number of hydrogen-bond acceptors (Lipinski definition) is 4. The van der Waals surface area contributed by atoms with Gasteiger partial charge >= 0.3 is 6.09 Å². The summed E-state index contributed by atoms with van der Waals surface area (Å²) in [6.07, 6.45) is 4.04. The second kappa shape index (κ2) is 5.40. The van der Waals surface area contributed by atoms with Gasteiger partial charge in [-0.1, -0.05) is 13.0 Å². The molecule has 108 valence electrons. The number of carbonyl (C=O) groups excluding carboxylic acids is 1. The smallest absolute Gasteiger partial charge is 0.408 e. The summed E-state index contributed by atoms with van der Waals surface area (Å²) in [4.78, 5) is 18.5. The molecule has 20 heavy (non-hydrogen) atoms. The monoisotopic (exact) mass is 275 g/mol. The van der Waals surface area contributed by atoms with Gasteiger partial charge in [0.25, 0.3) is 0 Å². The third-order valence-corrected chi connectivity index (χ3v) is 4.51. The van der Waals surface area contributed by atoms with Crippen LogP contribution >= 0.6 is 0 Å². The minimum absolute atomic E-state index is 0.0314. The number of pyridine rings is 1. The van der Waals surface area contributed by atoms with Crippen molar-refractivity contribution >= 4 is 6.09 Å². The standard InChI is InChI=1S/C15H21N3O2/c1-2-18-9-6-15(7-10-18)13(17-14(19)20-15)11-12-5-3-4-8-16-12/h3-5,8,13H,2,6-7,9-11H2,1H3,(H,17,19). The van der Waals surface area contributed by atoms with E-state index in [1.54, 1.807) is 6.20 Å². The number of aromatic nitrogens is 1. The summed E-state index contributed by atoms with van der Waals surface area (Å²) < 4.78 is 5.66. The average Bonchev–Trinajstić information content (AvgIpc) is 2.76. The Labute approximate surface area is 119 Å². The van der Waals surface area contributed by atoms with Gasteiger partial charge in [-0.05, 0) is 18.7 Å². The molecule has 5 heteroatoms. The average molecular weight is 275 g/mol. The van der Waals surface area contributed by atoms with Gasteiger partial charge in [0, 0.05) is 44.2 Å². The predicted molar refractivity (Wildman–Crippen MR) is 75.4 cm³/mol. The Morgan fingerprint density at radius 1 is 1.45 bits per heavy atom. The topological polar surface area (TPSA) is 54.5 Å². The number of rotatable bonds is 3. The molecule has 0 aromatic carbocycles. The molecule has 1 amide bonds. The first-order valence-electron chi connectivity index (χ1n) is 7.33. The van der Waals surface area contributed by atoms with E-state index in [0.29, 0.717) is 0 Å². The van der Waals surface area contributed by atoms with Crippen molar-refractivity contribution in [3.63, 3.8) is 0 Å². The molecular formula is C15H21N3O2. The molecule has 1 aromatic rings. The van der Waals surface area contributed by atoms with Crippen molar-refractivity contribution in [2.75, 3.05) is 19.6 Å². The fourth-order valence-corrected chi connectivity index (χ4v) is 3.22. The molecule has 2 saturated heterocycles. The summed E-state index contributed by atoms with van der Waals surface area (Å²) in [5.41, 5.74) is 0.654. The van der Waals surface area contributed by atoms with Crippen LogP contribution in [0.15, 0.2) is 24.4 Å². The van der Waals surface area contributed by atoms with Crippen LogP contribution in [0.1, 0.15) is 25.5 Å². The molecule has 3 heterocycles. The maximum absolute atomic E-state index is 11.7. The molecule has 1 atom stereocenters. The van der Waals surface area contributed by atoms with E-state index in [1.807, 2.05) is 18.2 Å². The van der Waals surface area contributed by atoms with Crippen LogP contribution < -0.4 is 5.32 Å². The van der Waals surface area contributed by atoms with Gasteiger partial charge < -0.3 is 15.0 Å². The summed E-state index contributed by atoms with van der Waals surface area (Å²) in [6, 6.07) is 5.91. The molecule has 0 aliphatic carbocycles. The van der Waals surface area contributed by atoms with E-state index in [9.17, 15) is 4.79 Å². The Balaban J connectivity index is 1.74. The van der Waals surface area contributed by atoms with Crippen LogP contribution in [0.2, 0.25) is 0 Å². The molecule has 2 fully saturated rings. The van der Waals surface area contributed by atoms with Crippen LogP contribution in [0.3, 0.4) is 0 Å². The van der Waals surface area contributed by atoms with E-state index >= 15 is 0 Å². The Hall–Kier alpha value is -1.62. The molecule has 3 rings (SSSR count). The SMILES string of the molecule is CCN1CCC2(CC1)OC(=O)NC2Cc1ccccn1. The van der Waals surface area contributed by atoms with Gasteiger partial charge in [-0.15, -0.1) is 0 Å². The van der Waals surface area contributed by atoms with Crippen LogP contribution in [0.5, 0.6) is 0 Å². The van der Waals surface area contributed by atoms with Crippen molar-refractivity contribution in [2.45, 2.75) is 37.8 Å². The molecule has 1 aromatic heterocycles. The van der Waals surface area contributed by atoms with Crippen molar-refractivity contribution in [1.29, 1.82) is 0 Å². The number of alkyl carbamates (subject to hydrolysis) is 1. The number of carbonyl (C=O) groups is 1. The second-order valence-corrected chi connectivity index (χ2v) is 5.61. The number of nitrogens with zero attached hydrogens (tertiary/aromatic N) is 2. The number of amides is 1. The fraction of sp³-hybridized carbons (Fsp3) is 0.600. The normalized spacial score (nSPS) is 25.4. The lowest BCUT2D eigenvalue weighted by Crippen LogP contribution is -2.52. The molecule has 5 nitrogen and oxygen atoms in total. The highest BCUT2D eigenvalue weighted by atomic mass is 16.6. The molecular weight excluding hydrogens is 254 g/mol. The Kier molecular flexibility index (Phi) is 3.61. The van der Waals surface area contributed by atoms with Crippen molar-refractivity contribution in [3.8, 4) is 0 Å². The van der Waals surface area contributed by atoms with Crippen molar-refractivity contribution in [3.05, 3.63) is 30.1 Å². The zero-order chi connectivity index (χ0) is 14.0. The second-order valence-electron chi connectivity index (χ2n) is 5.61. The minimum atomic E-state index is -0.347. The molecule has 0 saturated carbocycles. The van der Waals surface area contributed by atoms with Gasteiger partial charge in [0.15, 0.2) is 0 Å². The summed E-state index contributed by atoms with van der Waals surface area (Å²) in [7, 11) is 0. The van der Waals surface area contributed by atoms with Crippen LogP contribution in [-0.4, -0.2) is 47.3 Å². The van der Waals surface area contributed by atoms with Gasteiger partial charge in [0.1, 0.15) is 5.60 Å². The van der Waals surface area contributed by atoms with Crippen molar-refractivity contribution < 1.29 is 9.53 Å². The third kappa shape index (κ3) is 2.50.